The number of rotatable bonds is 11. The standard InChI is InChI=1S/C38H41N5O4S/c1-2-3-18-36-41-34-24-23-30(40-38(45)39-29-12-6-4-7-13-29)25-35(34)43(36)26-27-19-21-28(22-20-27)32-16-10-11-17-33(32)37(44)42-48(46,47)31-14-8-5-9-15-31/h5,8-11,14-17,19-25,29H,2-4,6-7,12-13,18,26H2,1H3,(H,42,44)(H2,39,40,45). The molecule has 0 bridgehead atoms. The molecule has 4 aromatic carbocycles. The van der Waals surface area contributed by atoms with E-state index in [9.17, 15) is 18.0 Å². The molecule has 48 heavy (non-hydrogen) atoms. The number of nitrogens with one attached hydrogen (secondary N) is 3. The van der Waals surface area contributed by atoms with Crippen LogP contribution in [-0.2, 0) is 23.0 Å². The monoisotopic (exact) mass is 663 g/mol. The molecule has 6 rings (SSSR count). The van der Waals surface area contributed by atoms with E-state index in [-0.39, 0.29) is 22.5 Å². The van der Waals surface area contributed by atoms with Crippen LogP contribution in [0.25, 0.3) is 22.2 Å². The number of urea groups is 1. The molecule has 0 radical (unpaired) electrons. The van der Waals surface area contributed by atoms with Crippen LogP contribution in [0.5, 0.6) is 0 Å². The van der Waals surface area contributed by atoms with E-state index in [2.05, 4.69) is 26.8 Å². The third-order valence-electron chi connectivity index (χ3n) is 8.84. The number of benzene rings is 4. The molecule has 248 valence electrons. The maximum atomic E-state index is 13.2. The molecule has 0 spiro atoms. The molecule has 9 nitrogen and oxygen atoms in total. The van der Waals surface area contributed by atoms with Gasteiger partial charge in [0.1, 0.15) is 5.82 Å². The number of imidazole rings is 1. The Bertz CT molecular complexity index is 2000. The number of amides is 3. The summed E-state index contributed by atoms with van der Waals surface area (Å²) in [4.78, 5) is 31.0. The van der Waals surface area contributed by atoms with Gasteiger partial charge in [-0.15, -0.1) is 0 Å². The average molecular weight is 664 g/mol. The molecule has 0 unspecified atom stereocenters. The molecular formula is C38H41N5O4S. The number of fused-ring (bicyclic) bond motifs is 1. The molecule has 0 aliphatic heterocycles. The van der Waals surface area contributed by atoms with Crippen LogP contribution < -0.4 is 15.4 Å². The van der Waals surface area contributed by atoms with Crippen LogP contribution in [-0.4, -0.2) is 35.9 Å². The molecule has 0 saturated heterocycles. The highest BCUT2D eigenvalue weighted by atomic mass is 32.2. The zero-order valence-corrected chi connectivity index (χ0v) is 27.9. The van der Waals surface area contributed by atoms with Crippen molar-refractivity contribution >= 4 is 38.7 Å². The fourth-order valence-electron chi connectivity index (χ4n) is 6.29. The zero-order valence-electron chi connectivity index (χ0n) is 27.1. The van der Waals surface area contributed by atoms with Crippen molar-refractivity contribution in [3.8, 4) is 11.1 Å². The van der Waals surface area contributed by atoms with E-state index >= 15 is 0 Å². The smallest absolute Gasteiger partial charge is 0.319 e. The first-order chi connectivity index (χ1) is 23.3. The van der Waals surface area contributed by atoms with Crippen molar-refractivity contribution in [3.63, 3.8) is 0 Å². The van der Waals surface area contributed by atoms with E-state index in [1.54, 1.807) is 30.3 Å². The highest BCUT2D eigenvalue weighted by molar-refractivity contribution is 7.90. The molecule has 1 aliphatic rings. The van der Waals surface area contributed by atoms with E-state index in [4.69, 9.17) is 4.98 Å². The van der Waals surface area contributed by atoms with Gasteiger partial charge in [0.15, 0.2) is 0 Å². The number of nitrogens with zero attached hydrogens (tertiary/aromatic N) is 2. The SMILES string of the molecule is CCCCc1nc2ccc(NC(=O)NC3CCCCC3)cc2n1Cc1ccc(-c2ccccc2C(=O)NS(=O)(=O)c2ccccc2)cc1. The lowest BCUT2D eigenvalue weighted by atomic mass is 9.96. The summed E-state index contributed by atoms with van der Waals surface area (Å²) in [6, 6.07) is 28.6. The number of carbonyl (C=O) groups excluding carboxylic acids is 2. The highest BCUT2D eigenvalue weighted by Crippen LogP contribution is 2.27. The molecule has 3 N–H and O–H groups in total. The number of carbonyl (C=O) groups is 2. The maximum Gasteiger partial charge on any atom is 0.319 e. The number of aromatic nitrogens is 2. The Balaban J connectivity index is 1.22. The van der Waals surface area contributed by atoms with Gasteiger partial charge in [-0.25, -0.2) is 22.9 Å². The molecule has 1 heterocycles. The number of sulfonamides is 1. The lowest BCUT2D eigenvalue weighted by Crippen LogP contribution is -2.39. The first-order valence-corrected chi connectivity index (χ1v) is 18.2. The minimum Gasteiger partial charge on any atom is -0.335 e. The fourth-order valence-corrected chi connectivity index (χ4v) is 7.28. The van der Waals surface area contributed by atoms with Gasteiger partial charge in [-0.1, -0.05) is 93.3 Å². The van der Waals surface area contributed by atoms with Crippen molar-refractivity contribution in [1.29, 1.82) is 0 Å². The molecule has 1 aliphatic carbocycles. The Hall–Kier alpha value is -4.96. The van der Waals surface area contributed by atoms with Crippen LogP contribution in [0.1, 0.15) is 73.6 Å². The second-order valence-electron chi connectivity index (χ2n) is 12.3. The summed E-state index contributed by atoms with van der Waals surface area (Å²) < 4.78 is 30.1. The molecule has 1 aromatic heterocycles. The van der Waals surface area contributed by atoms with Crippen molar-refractivity contribution in [2.24, 2.45) is 0 Å². The second kappa shape index (κ2) is 14.9. The largest absolute Gasteiger partial charge is 0.335 e. The third kappa shape index (κ3) is 7.77. The van der Waals surface area contributed by atoms with Crippen molar-refractivity contribution in [1.82, 2.24) is 19.6 Å². The predicted octanol–water partition coefficient (Wildman–Crippen LogP) is 7.67. The quantitative estimate of drug-likeness (QED) is 0.134. The number of aryl methyl sites for hydroxylation is 1. The summed E-state index contributed by atoms with van der Waals surface area (Å²) in [7, 11) is -4.02. The third-order valence-corrected chi connectivity index (χ3v) is 10.2. The van der Waals surface area contributed by atoms with Crippen LogP contribution in [0.4, 0.5) is 10.5 Å². The van der Waals surface area contributed by atoms with Gasteiger partial charge in [-0.3, -0.25) is 4.79 Å². The lowest BCUT2D eigenvalue weighted by molar-refractivity contribution is 0.0982. The summed E-state index contributed by atoms with van der Waals surface area (Å²) in [5, 5.41) is 6.15. The van der Waals surface area contributed by atoms with Crippen LogP contribution in [0.3, 0.4) is 0 Å². The van der Waals surface area contributed by atoms with Crippen molar-refractivity contribution in [2.45, 2.75) is 75.8 Å². The average Bonchev–Trinajstić information content (AvgIpc) is 3.44. The Morgan fingerprint density at radius 1 is 0.875 bits per heavy atom. The van der Waals surface area contributed by atoms with Gasteiger partial charge in [0.2, 0.25) is 0 Å². The van der Waals surface area contributed by atoms with Gasteiger partial charge in [-0.05, 0) is 72.4 Å². The second-order valence-corrected chi connectivity index (χ2v) is 14.0. The normalized spacial score (nSPS) is 13.7. The highest BCUT2D eigenvalue weighted by Gasteiger charge is 2.21. The molecule has 1 saturated carbocycles. The first kappa shape index (κ1) is 33.0. The van der Waals surface area contributed by atoms with Crippen LogP contribution in [0.15, 0.2) is 102 Å². The van der Waals surface area contributed by atoms with Gasteiger partial charge >= 0.3 is 6.03 Å². The summed E-state index contributed by atoms with van der Waals surface area (Å²) >= 11 is 0. The van der Waals surface area contributed by atoms with Gasteiger partial charge in [-0.2, -0.15) is 0 Å². The van der Waals surface area contributed by atoms with Crippen LogP contribution in [0.2, 0.25) is 0 Å². The summed E-state index contributed by atoms with van der Waals surface area (Å²) in [6.07, 6.45) is 8.47. The van der Waals surface area contributed by atoms with Crippen LogP contribution >= 0.6 is 0 Å². The zero-order chi connectivity index (χ0) is 33.5. The van der Waals surface area contributed by atoms with Crippen LogP contribution in [0, 0.1) is 0 Å². The first-order valence-electron chi connectivity index (χ1n) is 16.7. The lowest BCUT2D eigenvalue weighted by Gasteiger charge is -2.22. The van der Waals surface area contributed by atoms with Gasteiger partial charge in [0.05, 0.1) is 15.9 Å². The van der Waals surface area contributed by atoms with Crippen molar-refractivity contribution in [3.05, 3.63) is 114 Å². The minimum atomic E-state index is -4.02. The van der Waals surface area contributed by atoms with E-state index in [1.807, 2.05) is 54.6 Å². The fraction of sp³-hybridized carbons (Fsp3) is 0.289. The summed E-state index contributed by atoms with van der Waals surface area (Å²) in [6.45, 7) is 2.73. The summed E-state index contributed by atoms with van der Waals surface area (Å²) in [5.74, 6) is 0.294. The predicted molar refractivity (Wildman–Crippen MR) is 189 cm³/mol. The van der Waals surface area contributed by atoms with Gasteiger partial charge in [0, 0.05) is 30.3 Å². The molecule has 3 amide bonds. The van der Waals surface area contributed by atoms with Crippen molar-refractivity contribution in [2.75, 3.05) is 5.32 Å². The molecular weight excluding hydrogens is 623 g/mol. The molecule has 5 aromatic rings. The Kier molecular flexibility index (Phi) is 10.2. The Morgan fingerprint density at radius 2 is 1.60 bits per heavy atom. The number of anilines is 1. The summed E-state index contributed by atoms with van der Waals surface area (Å²) in [5.41, 5.74) is 5.27. The van der Waals surface area contributed by atoms with E-state index < -0.39 is 15.9 Å². The van der Waals surface area contributed by atoms with E-state index in [0.717, 1.165) is 78.6 Å². The molecule has 1 fully saturated rings. The van der Waals surface area contributed by atoms with Gasteiger partial charge < -0.3 is 15.2 Å². The minimum absolute atomic E-state index is 0.0242. The van der Waals surface area contributed by atoms with Gasteiger partial charge in [0.25, 0.3) is 15.9 Å². The van der Waals surface area contributed by atoms with E-state index in [0.29, 0.717) is 12.1 Å². The Labute approximate surface area is 281 Å². The molecule has 0 atom stereocenters. The Morgan fingerprint density at radius 3 is 2.35 bits per heavy atom. The van der Waals surface area contributed by atoms with E-state index in [1.165, 1.54) is 18.6 Å². The maximum absolute atomic E-state index is 13.2. The number of hydrogen-bond acceptors (Lipinski definition) is 5. The topological polar surface area (TPSA) is 122 Å². The van der Waals surface area contributed by atoms with Crippen molar-refractivity contribution < 1.29 is 18.0 Å². The number of hydrogen-bond donors (Lipinski definition) is 3. The number of unbranched alkanes of at least 4 members (excludes halogenated alkanes) is 1. The molecule has 10 heteroatoms.